The number of carbonyl (C=O) groups excluding carboxylic acids is 1. The second kappa shape index (κ2) is 6.05. The van der Waals surface area contributed by atoms with E-state index < -0.39 is 0 Å². The molecule has 0 aliphatic heterocycles. The van der Waals surface area contributed by atoms with Crippen molar-refractivity contribution in [3.63, 3.8) is 0 Å². The average molecular weight is 239 g/mol. The van der Waals surface area contributed by atoms with Crippen molar-refractivity contribution in [2.75, 3.05) is 0 Å². The molecule has 0 aliphatic carbocycles. The third kappa shape index (κ3) is 3.08. The molecule has 2 heteroatoms. The summed E-state index contributed by atoms with van der Waals surface area (Å²) in [5.74, 6) is 0.337. The summed E-state index contributed by atoms with van der Waals surface area (Å²) < 4.78 is 0. The number of hydrogen-bond acceptors (Lipinski definition) is 1. The lowest BCUT2D eigenvalue weighted by Crippen LogP contribution is -2.11. The third-order valence-corrected chi connectivity index (χ3v) is 3.25. The molecule has 1 nitrogen and oxygen atoms in total. The van der Waals surface area contributed by atoms with Gasteiger partial charge >= 0.3 is 0 Å². The highest BCUT2D eigenvalue weighted by Gasteiger charge is 2.15. The zero-order chi connectivity index (χ0) is 12.1. The average Bonchev–Trinajstić information content (AvgIpc) is 2.29. The fourth-order valence-corrected chi connectivity index (χ4v) is 2.10. The first-order chi connectivity index (χ1) is 7.60. The maximum atomic E-state index is 12.1. The Morgan fingerprint density at radius 3 is 2.62 bits per heavy atom. The number of carbonyl (C=O) groups is 1. The normalized spacial score (nSPS) is 12.5. The van der Waals surface area contributed by atoms with Gasteiger partial charge in [0.15, 0.2) is 5.78 Å². The SMILES string of the molecule is CCCC(C)C(=O)c1ccc(Cl)c(CC)c1. The van der Waals surface area contributed by atoms with Crippen LogP contribution in [0.15, 0.2) is 18.2 Å². The second-order valence-electron chi connectivity index (χ2n) is 4.21. The number of hydrogen-bond donors (Lipinski definition) is 0. The number of ketones is 1. The quantitative estimate of drug-likeness (QED) is 0.690. The lowest BCUT2D eigenvalue weighted by Gasteiger charge is -2.10. The Morgan fingerprint density at radius 2 is 2.06 bits per heavy atom. The van der Waals surface area contributed by atoms with E-state index in [0.29, 0.717) is 0 Å². The molecule has 1 atom stereocenters. The van der Waals surface area contributed by atoms with Crippen LogP contribution in [-0.2, 0) is 6.42 Å². The van der Waals surface area contributed by atoms with Crippen LogP contribution in [0.25, 0.3) is 0 Å². The molecule has 88 valence electrons. The first-order valence-corrected chi connectivity index (χ1v) is 6.30. The molecule has 0 saturated carbocycles. The van der Waals surface area contributed by atoms with E-state index in [4.69, 9.17) is 11.6 Å². The van der Waals surface area contributed by atoms with Gasteiger partial charge in [0, 0.05) is 16.5 Å². The summed E-state index contributed by atoms with van der Waals surface area (Å²) in [6, 6.07) is 5.58. The molecular weight excluding hydrogens is 220 g/mol. The second-order valence-corrected chi connectivity index (χ2v) is 4.62. The Bertz CT molecular complexity index is 371. The molecular formula is C14H19ClO. The van der Waals surface area contributed by atoms with Gasteiger partial charge in [-0.3, -0.25) is 4.79 Å². The summed E-state index contributed by atoms with van der Waals surface area (Å²) in [7, 11) is 0. The number of halogens is 1. The van der Waals surface area contributed by atoms with Gasteiger partial charge in [-0.1, -0.05) is 38.8 Å². The fraction of sp³-hybridized carbons (Fsp3) is 0.500. The number of Topliss-reactive ketones (excluding diaryl/α,β-unsaturated/α-hetero) is 1. The minimum atomic E-state index is 0.107. The molecule has 1 aromatic carbocycles. The van der Waals surface area contributed by atoms with Crippen LogP contribution in [0.2, 0.25) is 5.02 Å². The zero-order valence-corrected chi connectivity index (χ0v) is 11.0. The van der Waals surface area contributed by atoms with Gasteiger partial charge in [-0.15, -0.1) is 0 Å². The fourth-order valence-electron chi connectivity index (χ4n) is 1.85. The summed E-state index contributed by atoms with van der Waals surface area (Å²) in [5.41, 5.74) is 1.85. The molecule has 0 bridgehead atoms. The van der Waals surface area contributed by atoms with Crippen LogP contribution in [0.5, 0.6) is 0 Å². The van der Waals surface area contributed by atoms with Gasteiger partial charge in [0.2, 0.25) is 0 Å². The summed E-state index contributed by atoms with van der Waals surface area (Å²) in [6.07, 6.45) is 2.85. The van der Waals surface area contributed by atoms with Crippen molar-refractivity contribution in [1.82, 2.24) is 0 Å². The molecule has 0 heterocycles. The highest BCUT2D eigenvalue weighted by Crippen LogP contribution is 2.21. The molecule has 16 heavy (non-hydrogen) atoms. The largest absolute Gasteiger partial charge is 0.294 e. The van der Waals surface area contributed by atoms with Gasteiger partial charge < -0.3 is 0 Å². The van der Waals surface area contributed by atoms with Crippen molar-refractivity contribution in [3.8, 4) is 0 Å². The van der Waals surface area contributed by atoms with Gasteiger partial charge in [0.1, 0.15) is 0 Å². The van der Waals surface area contributed by atoms with Crippen molar-refractivity contribution in [3.05, 3.63) is 34.3 Å². The van der Waals surface area contributed by atoms with E-state index in [9.17, 15) is 4.79 Å². The van der Waals surface area contributed by atoms with Gasteiger partial charge in [-0.2, -0.15) is 0 Å². The Kier molecular flexibility index (Phi) is 5.01. The van der Waals surface area contributed by atoms with Crippen LogP contribution in [0.4, 0.5) is 0 Å². The van der Waals surface area contributed by atoms with Crippen molar-refractivity contribution in [1.29, 1.82) is 0 Å². The van der Waals surface area contributed by atoms with E-state index in [0.717, 1.165) is 35.4 Å². The monoisotopic (exact) mass is 238 g/mol. The lowest BCUT2D eigenvalue weighted by molar-refractivity contribution is 0.0923. The number of benzene rings is 1. The smallest absolute Gasteiger partial charge is 0.165 e. The predicted octanol–water partition coefficient (Wildman–Crippen LogP) is 4.52. The highest BCUT2D eigenvalue weighted by atomic mass is 35.5. The van der Waals surface area contributed by atoms with E-state index in [1.807, 2.05) is 32.0 Å². The van der Waals surface area contributed by atoms with Crippen LogP contribution in [0, 0.1) is 5.92 Å². The van der Waals surface area contributed by atoms with Crippen LogP contribution in [0.3, 0.4) is 0 Å². The van der Waals surface area contributed by atoms with Crippen molar-refractivity contribution in [2.45, 2.75) is 40.0 Å². The molecule has 1 rings (SSSR count). The van der Waals surface area contributed by atoms with E-state index in [1.54, 1.807) is 0 Å². The lowest BCUT2D eigenvalue weighted by atomic mass is 9.94. The Hall–Kier alpha value is -0.820. The van der Waals surface area contributed by atoms with Crippen LogP contribution in [0.1, 0.15) is 49.5 Å². The molecule has 1 unspecified atom stereocenters. The number of rotatable bonds is 5. The van der Waals surface area contributed by atoms with E-state index in [2.05, 4.69) is 6.92 Å². The van der Waals surface area contributed by atoms with E-state index in [1.165, 1.54) is 0 Å². The first-order valence-electron chi connectivity index (χ1n) is 5.92. The molecule has 1 aromatic rings. The van der Waals surface area contributed by atoms with E-state index in [-0.39, 0.29) is 11.7 Å². The highest BCUT2D eigenvalue weighted by molar-refractivity contribution is 6.31. The molecule has 0 amide bonds. The Morgan fingerprint density at radius 1 is 1.38 bits per heavy atom. The zero-order valence-electron chi connectivity index (χ0n) is 10.2. The predicted molar refractivity (Wildman–Crippen MR) is 69.2 cm³/mol. The molecule has 0 fully saturated rings. The molecule has 0 N–H and O–H groups in total. The minimum Gasteiger partial charge on any atom is -0.294 e. The summed E-state index contributed by atoms with van der Waals surface area (Å²) >= 11 is 6.03. The van der Waals surface area contributed by atoms with E-state index >= 15 is 0 Å². The Balaban J connectivity index is 2.92. The molecule has 0 aromatic heterocycles. The molecule has 0 spiro atoms. The summed E-state index contributed by atoms with van der Waals surface area (Å²) in [5, 5.41) is 0.752. The number of aryl methyl sites for hydroxylation is 1. The maximum absolute atomic E-state index is 12.1. The molecule has 0 aliphatic rings. The van der Waals surface area contributed by atoms with Crippen LogP contribution in [-0.4, -0.2) is 5.78 Å². The minimum absolute atomic E-state index is 0.107. The van der Waals surface area contributed by atoms with Gasteiger partial charge in [0.25, 0.3) is 0 Å². The third-order valence-electron chi connectivity index (χ3n) is 2.88. The van der Waals surface area contributed by atoms with Crippen LogP contribution >= 0.6 is 11.6 Å². The maximum Gasteiger partial charge on any atom is 0.165 e. The molecule has 0 saturated heterocycles. The summed E-state index contributed by atoms with van der Waals surface area (Å²) in [4.78, 5) is 12.1. The van der Waals surface area contributed by atoms with Gasteiger partial charge in [0.05, 0.1) is 0 Å². The summed E-state index contributed by atoms with van der Waals surface area (Å²) in [6.45, 7) is 6.14. The van der Waals surface area contributed by atoms with Crippen molar-refractivity contribution >= 4 is 17.4 Å². The standard InChI is InChI=1S/C14H19ClO/c1-4-6-10(3)14(16)12-7-8-13(15)11(5-2)9-12/h7-10H,4-6H2,1-3H3. The van der Waals surface area contributed by atoms with Gasteiger partial charge in [-0.25, -0.2) is 0 Å². The first kappa shape index (κ1) is 13.2. The van der Waals surface area contributed by atoms with Crippen molar-refractivity contribution in [2.24, 2.45) is 5.92 Å². The Labute approximate surface area is 103 Å². The topological polar surface area (TPSA) is 17.1 Å². The van der Waals surface area contributed by atoms with Gasteiger partial charge in [-0.05, 0) is 36.6 Å². The van der Waals surface area contributed by atoms with Crippen molar-refractivity contribution < 1.29 is 4.79 Å². The van der Waals surface area contributed by atoms with Crippen LogP contribution < -0.4 is 0 Å². The molecule has 0 radical (unpaired) electrons.